The normalized spacial score (nSPS) is 14.1. The Labute approximate surface area is 92.2 Å². The first-order valence-electron chi connectivity index (χ1n) is 4.32. The maximum atomic E-state index is 2.25. The van der Waals surface area contributed by atoms with Gasteiger partial charge < -0.3 is 0 Å². The van der Waals surface area contributed by atoms with Gasteiger partial charge in [0.25, 0.3) is 0 Å². The summed E-state index contributed by atoms with van der Waals surface area (Å²) in [5.41, 5.74) is 5.56. The second kappa shape index (κ2) is 3.74. The SMILES string of the molecule is C[C]1C=Cc2cc(C)cc(C)c21.[LiH]. The Morgan fingerprint density at radius 3 is 2.31 bits per heavy atom. The van der Waals surface area contributed by atoms with Crippen molar-refractivity contribution in [2.75, 3.05) is 0 Å². The van der Waals surface area contributed by atoms with Crippen LogP contribution in [0, 0.1) is 19.8 Å². The molecule has 13 heavy (non-hydrogen) atoms. The molecule has 0 amide bonds. The predicted molar refractivity (Wildman–Crippen MR) is 60.1 cm³/mol. The van der Waals surface area contributed by atoms with E-state index in [0.29, 0.717) is 0 Å². The van der Waals surface area contributed by atoms with E-state index in [1.54, 1.807) is 0 Å². The van der Waals surface area contributed by atoms with Crippen LogP contribution in [-0.4, -0.2) is 18.9 Å². The summed E-state index contributed by atoms with van der Waals surface area (Å²) in [6.07, 6.45) is 4.39. The van der Waals surface area contributed by atoms with Crippen LogP contribution >= 0.6 is 0 Å². The first kappa shape index (κ1) is 10.6. The van der Waals surface area contributed by atoms with Gasteiger partial charge in [-0.05, 0) is 30.5 Å². The molecule has 0 saturated heterocycles. The Morgan fingerprint density at radius 1 is 0.923 bits per heavy atom. The van der Waals surface area contributed by atoms with Crippen LogP contribution in [-0.2, 0) is 0 Å². The summed E-state index contributed by atoms with van der Waals surface area (Å²) < 4.78 is 0. The van der Waals surface area contributed by atoms with E-state index >= 15 is 0 Å². The minimum absolute atomic E-state index is 0. The van der Waals surface area contributed by atoms with Crippen molar-refractivity contribution in [1.29, 1.82) is 0 Å². The van der Waals surface area contributed by atoms with Crippen molar-refractivity contribution in [3.8, 4) is 0 Å². The molecule has 1 heteroatoms. The van der Waals surface area contributed by atoms with Crippen LogP contribution in [0.2, 0.25) is 0 Å². The van der Waals surface area contributed by atoms with Crippen molar-refractivity contribution in [2.24, 2.45) is 0 Å². The molecule has 63 valence electrons. The summed E-state index contributed by atoms with van der Waals surface area (Å²) in [7, 11) is 0. The molecular weight excluding hydrogens is 151 g/mol. The van der Waals surface area contributed by atoms with Crippen LogP contribution in [0.3, 0.4) is 0 Å². The Morgan fingerprint density at radius 2 is 1.62 bits per heavy atom. The van der Waals surface area contributed by atoms with Gasteiger partial charge in [-0.3, -0.25) is 0 Å². The summed E-state index contributed by atoms with van der Waals surface area (Å²) in [5.74, 6) is 1.39. The topological polar surface area (TPSA) is 0 Å². The summed E-state index contributed by atoms with van der Waals surface area (Å²) >= 11 is 0. The summed E-state index contributed by atoms with van der Waals surface area (Å²) in [4.78, 5) is 0. The number of aryl methyl sites for hydroxylation is 2. The molecule has 0 aliphatic heterocycles. The van der Waals surface area contributed by atoms with Crippen molar-refractivity contribution in [2.45, 2.75) is 20.8 Å². The fourth-order valence-corrected chi connectivity index (χ4v) is 1.97. The molecule has 0 atom stereocenters. The average Bonchev–Trinajstić information content (AvgIpc) is 2.31. The van der Waals surface area contributed by atoms with Crippen molar-refractivity contribution >= 4 is 24.9 Å². The molecule has 0 aromatic heterocycles. The zero-order valence-corrected chi connectivity index (χ0v) is 7.81. The third-order valence-electron chi connectivity index (χ3n) is 2.42. The van der Waals surface area contributed by atoms with E-state index in [-0.39, 0.29) is 18.9 Å². The molecule has 1 radical (unpaired) electrons. The predicted octanol–water partition coefficient (Wildman–Crippen LogP) is 2.62. The molecule has 0 fully saturated rings. The van der Waals surface area contributed by atoms with Gasteiger partial charge in [0.2, 0.25) is 0 Å². The van der Waals surface area contributed by atoms with E-state index in [0.717, 1.165) is 0 Å². The fraction of sp³-hybridized carbons (Fsp3) is 0.250. The van der Waals surface area contributed by atoms with E-state index in [9.17, 15) is 0 Å². The number of hydrogen-bond acceptors (Lipinski definition) is 0. The van der Waals surface area contributed by atoms with Gasteiger partial charge in [0.1, 0.15) is 0 Å². The van der Waals surface area contributed by atoms with Gasteiger partial charge in [0.15, 0.2) is 0 Å². The van der Waals surface area contributed by atoms with Gasteiger partial charge in [-0.2, -0.15) is 0 Å². The summed E-state index contributed by atoms with van der Waals surface area (Å²) in [6, 6.07) is 4.49. The molecule has 0 spiro atoms. The van der Waals surface area contributed by atoms with Crippen LogP contribution in [0.15, 0.2) is 18.2 Å². The third kappa shape index (κ3) is 1.75. The number of hydrogen-bond donors (Lipinski definition) is 0. The van der Waals surface area contributed by atoms with Crippen LogP contribution in [0.25, 0.3) is 6.08 Å². The van der Waals surface area contributed by atoms with Gasteiger partial charge in [-0.25, -0.2) is 0 Å². The van der Waals surface area contributed by atoms with E-state index in [1.165, 1.54) is 28.2 Å². The van der Waals surface area contributed by atoms with Gasteiger partial charge >= 0.3 is 18.9 Å². The van der Waals surface area contributed by atoms with Gasteiger partial charge in [-0.1, -0.05) is 36.8 Å². The Bertz CT molecular complexity index is 350. The molecule has 1 aliphatic carbocycles. The quantitative estimate of drug-likeness (QED) is 0.518. The molecule has 0 saturated carbocycles. The van der Waals surface area contributed by atoms with E-state index < -0.39 is 0 Å². The van der Waals surface area contributed by atoms with Crippen LogP contribution in [0.1, 0.15) is 29.2 Å². The Kier molecular flexibility index (Phi) is 3.06. The van der Waals surface area contributed by atoms with E-state index in [4.69, 9.17) is 0 Å². The van der Waals surface area contributed by atoms with Crippen molar-refractivity contribution < 1.29 is 0 Å². The van der Waals surface area contributed by atoms with E-state index in [2.05, 4.69) is 45.1 Å². The Hall–Kier alpha value is -0.443. The van der Waals surface area contributed by atoms with Crippen molar-refractivity contribution in [1.82, 2.24) is 0 Å². The molecule has 0 nitrogen and oxygen atoms in total. The zero-order valence-electron chi connectivity index (χ0n) is 7.81. The van der Waals surface area contributed by atoms with Crippen molar-refractivity contribution in [3.63, 3.8) is 0 Å². The van der Waals surface area contributed by atoms with Gasteiger partial charge in [-0.15, -0.1) is 0 Å². The molecule has 1 aromatic carbocycles. The molecule has 1 aromatic rings. The first-order valence-corrected chi connectivity index (χ1v) is 4.32. The van der Waals surface area contributed by atoms with E-state index in [1.807, 2.05) is 0 Å². The number of benzene rings is 1. The van der Waals surface area contributed by atoms with Crippen LogP contribution in [0.4, 0.5) is 0 Å². The molecule has 0 N–H and O–H groups in total. The van der Waals surface area contributed by atoms with Crippen LogP contribution < -0.4 is 0 Å². The van der Waals surface area contributed by atoms with Crippen LogP contribution in [0.5, 0.6) is 0 Å². The Balaban J connectivity index is 0.000000845. The van der Waals surface area contributed by atoms with Crippen molar-refractivity contribution in [3.05, 3.63) is 46.4 Å². The number of fused-ring (bicyclic) bond motifs is 1. The molecule has 2 rings (SSSR count). The second-order valence-electron chi connectivity index (χ2n) is 3.56. The maximum absolute atomic E-state index is 2.25. The molecule has 0 heterocycles. The molecule has 0 bridgehead atoms. The minimum atomic E-state index is 0. The second-order valence-corrected chi connectivity index (χ2v) is 3.56. The number of rotatable bonds is 0. The number of allylic oxidation sites excluding steroid dienone is 1. The third-order valence-corrected chi connectivity index (χ3v) is 2.42. The summed E-state index contributed by atoms with van der Waals surface area (Å²) in [6.45, 7) is 6.50. The first-order chi connectivity index (χ1) is 5.68. The summed E-state index contributed by atoms with van der Waals surface area (Å²) in [5, 5.41) is 0. The fourth-order valence-electron chi connectivity index (χ4n) is 1.97. The molecule has 0 unspecified atom stereocenters. The van der Waals surface area contributed by atoms with Gasteiger partial charge in [0.05, 0.1) is 0 Å². The molecular formula is C12H14Li. The standard InChI is InChI=1S/C12H13.Li.H/c1-8-6-10(3)12-9(2)4-5-11(12)7-8;;/h4-7H,1-3H3;;. The zero-order chi connectivity index (χ0) is 8.72. The monoisotopic (exact) mass is 165 g/mol. The molecule has 1 aliphatic rings. The van der Waals surface area contributed by atoms with Gasteiger partial charge in [0, 0.05) is 5.92 Å². The average molecular weight is 165 g/mol.